The van der Waals surface area contributed by atoms with E-state index in [2.05, 4.69) is 20.3 Å². The van der Waals surface area contributed by atoms with Gasteiger partial charge in [0.1, 0.15) is 11.9 Å². The van der Waals surface area contributed by atoms with Gasteiger partial charge in [-0.05, 0) is 49.6 Å². The van der Waals surface area contributed by atoms with Gasteiger partial charge in [0.25, 0.3) is 5.91 Å². The molecule has 0 N–H and O–H groups in total. The maximum atomic E-state index is 14.0. The third-order valence-electron chi connectivity index (χ3n) is 5.57. The average Bonchev–Trinajstić information content (AvgIpc) is 3.55. The van der Waals surface area contributed by atoms with Crippen LogP contribution < -0.4 is 0 Å². The van der Waals surface area contributed by atoms with Crippen LogP contribution in [-0.2, 0) is 0 Å². The highest BCUT2D eigenvalue weighted by Gasteiger charge is 2.36. The van der Waals surface area contributed by atoms with E-state index in [-0.39, 0.29) is 17.8 Å². The zero-order valence-electron chi connectivity index (χ0n) is 17.1. The number of benzene rings is 2. The van der Waals surface area contributed by atoms with Gasteiger partial charge in [0.2, 0.25) is 11.7 Å². The molecule has 1 saturated heterocycles. The van der Waals surface area contributed by atoms with Gasteiger partial charge in [-0.3, -0.25) is 4.79 Å². The predicted octanol–water partition coefficient (Wildman–Crippen LogP) is 4.40. The number of hydrogen-bond donors (Lipinski definition) is 0. The molecular formula is C22H18ClFN6O2. The average molecular weight is 453 g/mol. The maximum absolute atomic E-state index is 14.0. The van der Waals surface area contributed by atoms with Gasteiger partial charge >= 0.3 is 0 Å². The Bertz CT molecular complexity index is 1290. The van der Waals surface area contributed by atoms with E-state index in [1.54, 1.807) is 42.2 Å². The Morgan fingerprint density at radius 2 is 2.03 bits per heavy atom. The summed E-state index contributed by atoms with van der Waals surface area (Å²) in [5.41, 5.74) is 1.90. The molecule has 0 aliphatic carbocycles. The summed E-state index contributed by atoms with van der Waals surface area (Å²) in [6, 6.07) is 9.31. The molecule has 1 amide bonds. The van der Waals surface area contributed by atoms with Crippen LogP contribution in [0.4, 0.5) is 4.39 Å². The normalized spacial score (nSPS) is 16.0. The second-order valence-corrected chi connectivity index (χ2v) is 7.94. The molecule has 1 atom stereocenters. The monoisotopic (exact) mass is 452 g/mol. The Kier molecular flexibility index (Phi) is 5.18. The summed E-state index contributed by atoms with van der Waals surface area (Å²) in [4.78, 5) is 21.1. The quantitative estimate of drug-likeness (QED) is 0.456. The third kappa shape index (κ3) is 3.54. The van der Waals surface area contributed by atoms with E-state index in [1.807, 2.05) is 0 Å². The van der Waals surface area contributed by atoms with Gasteiger partial charge in [-0.2, -0.15) is 20.0 Å². The number of hydrogen-bond acceptors (Lipinski definition) is 6. The molecule has 10 heteroatoms. The summed E-state index contributed by atoms with van der Waals surface area (Å²) in [5, 5.41) is 12.8. The van der Waals surface area contributed by atoms with Crippen molar-refractivity contribution in [1.29, 1.82) is 0 Å². The molecule has 32 heavy (non-hydrogen) atoms. The fourth-order valence-electron chi connectivity index (χ4n) is 3.94. The summed E-state index contributed by atoms with van der Waals surface area (Å²) in [6.07, 6.45) is 4.53. The first kappa shape index (κ1) is 20.3. The van der Waals surface area contributed by atoms with Crippen LogP contribution in [0.1, 0.15) is 40.7 Å². The highest BCUT2D eigenvalue weighted by Crippen LogP contribution is 2.35. The van der Waals surface area contributed by atoms with Gasteiger partial charge in [0.05, 0.1) is 23.6 Å². The lowest BCUT2D eigenvalue weighted by atomic mass is 10.1. The van der Waals surface area contributed by atoms with Crippen molar-refractivity contribution in [2.45, 2.75) is 25.8 Å². The highest BCUT2D eigenvalue weighted by molar-refractivity contribution is 6.31. The summed E-state index contributed by atoms with van der Waals surface area (Å²) >= 11 is 6.15. The number of amides is 1. The molecule has 0 bridgehead atoms. The van der Waals surface area contributed by atoms with Crippen LogP contribution in [0, 0.1) is 12.7 Å². The number of halogens is 2. The molecule has 5 rings (SSSR count). The largest absolute Gasteiger partial charge is 0.337 e. The van der Waals surface area contributed by atoms with E-state index >= 15 is 0 Å². The van der Waals surface area contributed by atoms with Crippen molar-refractivity contribution < 1.29 is 13.7 Å². The molecule has 0 radical (unpaired) electrons. The molecular weight excluding hydrogens is 435 g/mol. The lowest BCUT2D eigenvalue weighted by molar-refractivity contribution is 0.0709. The van der Waals surface area contributed by atoms with Crippen molar-refractivity contribution in [2.75, 3.05) is 6.54 Å². The topological polar surface area (TPSA) is 89.9 Å². The van der Waals surface area contributed by atoms with Gasteiger partial charge in [-0.1, -0.05) is 28.9 Å². The van der Waals surface area contributed by atoms with Crippen LogP contribution in [0.5, 0.6) is 0 Å². The van der Waals surface area contributed by atoms with Crippen LogP contribution >= 0.6 is 11.6 Å². The van der Waals surface area contributed by atoms with Crippen molar-refractivity contribution in [3.05, 3.63) is 76.6 Å². The molecule has 1 aliphatic rings. The number of nitrogens with zero attached hydrogens (tertiary/aromatic N) is 6. The first-order valence-corrected chi connectivity index (χ1v) is 10.5. The van der Waals surface area contributed by atoms with E-state index in [0.29, 0.717) is 52.1 Å². The molecule has 2 aromatic heterocycles. The molecule has 162 valence electrons. The number of carbonyl (C=O) groups is 1. The summed E-state index contributed by atoms with van der Waals surface area (Å²) in [5.74, 6) is 0.0682. The Hall–Kier alpha value is -3.59. The smallest absolute Gasteiger partial charge is 0.256 e. The lowest BCUT2D eigenvalue weighted by Gasteiger charge is -2.23. The molecule has 1 fully saturated rings. The zero-order chi connectivity index (χ0) is 22.2. The standard InChI is InChI=1S/C22H18ClFN6O2/c1-13-15(4-2-5-17(13)24)20-27-21(32-28-20)18-6-3-11-29(18)22(31)16-8-7-14(23)12-19(16)30-25-9-10-26-30/h2,4-5,7-10,12,18H,3,6,11H2,1H3. The molecule has 1 aliphatic heterocycles. The summed E-state index contributed by atoms with van der Waals surface area (Å²) < 4.78 is 19.5. The van der Waals surface area contributed by atoms with E-state index in [1.165, 1.54) is 23.3 Å². The van der Waals surface area contributed by atoms with Crippen LogP contribution in [0.2, 0.25) is 5.02 Å². The van der Waals surface area contributed by atoms with Gasteiger partial charge in [-0.15, -0.1) is 0 Å². The van der Waals surface area contributed by atoms with Crippen LogP contribution in [-0.4, -0.2) is 42.5 Å². The second-order valence-electron chi connectivity index (χ2n) is 7.51. The molecule has 0 saturated carbocycles. The minimum Gasteiger partial charge on any atom is -0.337 e. The van der Waals surface area contributed by atoms with Gasteiger partial charge in [0, 0.05) is 17.1 Å². The maximum Gasteiger partial charge on any atom is 0.256 e. The molecule has 0 spiro atoms. The second kappa shape index (κ2) is 8.16. The number of carbonyl (C=O) groups excluding carboxylic acids is 1. The minimum atomic E-state index is -0.383. The van der Waals surface area contributed by atoms with Gasteiger partial charge < -0.3 is 9.42 Å². The van der Waals surface area contributed by atoms with Crippen molar-refractivity contribution in [2.24, 2.45) is 0 Å². The fourth-order valence-corrected chi connectivity index (χ4v) is 4.11. The number of likely N-dealkylation sites (tertiary alicyclic amines) is 1. The van der Waals surface area contributed by atoms with Crippen molar-refractivity contribution >= 4 is 17.5 Å². The summed E-state index contributed by atoms with van der Waals surface area (Å²) in [6.45, 7) is 2.20. The first-order valence-electron chi connectivity index (χ1n) is 10.1. The van der Waals surface area contributed by atoms with Crippen LogP contribution in [0.15, 0.2) is 53.3 Å². The molecule has 8 nitrogen and oxygen atoms in total. The number of rotatable bonds is 4. The van der Waals surface area contributed by atoms with Crippen LogP contribution in [0.3, 0.4) is 0 Å². The van der Waals surface area contributed by atoms with E-state index < -0.39 is 0 Å². The number of aromatic nitrogens is 5. The Morgan fingerprint density at radius 3 is 2.84 bits per heavy atom. The van der Waals surface area contributed by atoms with E-state index in [4.69, 9.17) is 16.1 Å². The molecule has 1 unspecified atom stereocenters. The Labute approximate surface area is 187 Å². The van der Waals surface area contributed by atoms with Crippen LogP contribution in [0.25, 0.3) is 17.1 Å². The minimum absolute atomic E-state index is 0.210. The third-order valence-corrected chi connectivity index (χ3v) is 5.81. The van der Waals surface area contributed by atoms with Gasteiger partial charge in [0.15, 0.2) is 0 Å². The van der Waals surface area contributed by atoms with Gasteiger partial charge in [-0.25, -0.2) is 4.39 Å². The SMILES string of the molecule is Cc1c(F)cccc1-c1noc(C2CCCN2C(=O)c2ccc(Cl)cc2-n2nccn2)n1. The molecule has 2 aromatic carbocycles. The Balaban J connectivity index is 1.47. The van der Waals surface area contributed by atoms with E-state index in [0.717, 1.165) is 6.42 Å². The highest BCUT2D eigenvalue weighted by atomic mass is 35.5. The van der Waals surface area contributed by atoms with Crippen molar-refractivity contribution in [3.8, 4) is 17.1 Å². The fraction of sp³-hybridized carbons (Fsp3) is 0.227. The Morgan fingerprint density at radius 1 is 1.22 bits per heavy atom. The molecule has 4 aromatic rings. The van der Waals surface area contributed by atoms with Crippen molar-refractivity contribution in [1.82, 2.24) is 30.0 Å². The first-order chi connectivity index (χ1) is 15.5. The predicted molar refractivity (Wildman–Crippen MR) is 114 cm³/mol. The zero-order valence-corrected chi connectivity index (χ0v) is 17.8. The van der Waals surface area contributed by atoms with E-state index in [9.17, 15) is 9.18 Å². The van der Waals surface area contributed by atoms with Crippen molar-refractivity contribution in [3.63, 3.8) is 0 Å². The molecule has 3 heterocycles. The summed E-state index contributed by atoms with van der Waals surface area (Å²) in [7, 11) is 0. The lowest BCUT2D eigenvalue weighted by Crippen LogP contribution is -2.31.